The molecule has 4 heteroatoms. The van der Waals surface area contributed by atoms with Crippen molar-refractivity contribution >= 4 is 11.8 Å². The number of carbonyl (C=O) groups is 2. The third-order valence-electron chi connectivity index (χ3n) is 5.97. The molecule has 0 radical (unpaired) electrons. The first-order chi connectivity index (χ1) is 16.2. The highest BCUT2D eigenvalue weighted by molar-refractivity contribution is 5.87. The molecule has 0 aromatic heterocycles. The fourth-order valence-corrected chi connectivity index (χ4v) is 4.69. The molecule has 0 bridgehead atoms. The lowest BCUT2D eigenvalue weighted by molar-refractivity contribution is -0.157. The molecule has 3 aromatic carbocycles. The summed E-state index contributed by atoms with van der Waals surface area (Å²) in [4.78, 5) is 25.0. The van der Waals surface area contributed by atoms with E-state index in [1.807, 2.05) is 63.2 Å². The highest BCUT2D eigenvalue weighted by Gasteiger charge is 2.46. The van der Waals surface area contributed by atoms with Gasteiger partial charge in [0.05, 0.1) is 5.54 Å². The van der Waals surface area contributed by atoms with E-state index >= 15 is 0 Å². The second-order valence-corrected chi connectivity index (χ2v) is 9.69. The number of fused-ring (bicyclic) bond motifs is 3. The summed E-state index contributed by atoms with van der Waals surface area (Å²) in [5.41, 5.74) is 4.11. The highest BCUT2D eigenvalue weighted by Crippen LogP contribution is 2.51. The SMILES string of the molecule is CC(=O)/C=C/C[C@H](NC1(c2ccccc2)c2ccccc2-c2ccccc21)C(=O)OC(C)(C)C. The maximum Gasteiger partial charge on any atom is 0.324 e. The normalized spacial score (nSPS) is 14.9. The second kappa shape index (κ2) is 9.40. The first-order valence-electron chi connectivity index (χ1n) is 11.6. The number of nitrogens with one attached hydrogen (secondary N) is 1. The van der Waals surface area contributed by atoms with Gasteiger partial charge in [-0.25, -0.2) is 0 Å². The van der Waals surface area contributed by atoms with Gasteiger partial charge < -0.3 is 4.74 Å². The van der Waals surface area contributed by atoms with Crippen LogP contribution in [0.5, 0.6) is 0 Å². The Balaban J connectivity index is 1.90. The molecule has 0 saturated heterocycles. The van der Waals surface area contributed by atoms with E-state index in [2.05, 4.69) is 41.7 Å². The van der Waals surface area contributed by atoms with E-state index in [4.69, 9.17) is 4.74 Å². The minimum atomic E-state index is -0.750. The van der Waals surface area contributed by atoms with Gasteiger partial charge in [0.2, 0.25) is 0 Å². The smallest absolute Gasteiger partial charge is 0.324 e. The van der Waals surface area contributed by atoms with Gasteiger partial charge in [0.1, 0.15) is 11.6 Å². The zero-order valence-electron chi connectivity index (χ0n) is 20.2. The molecule has 4 rings (SSSR count). The topological polar surface area (TPSA) is 55.4 Å². The average Bonchev–Trinajstić information content (AvgIpc) is 3.09. The van der Waals surface area contributed by atoms with E-state index in [-0.39, 0.29) is 11.8 Å². The molecule has 1 aliphatic rings. The van der Waals surface area contributed by atoms with Gasteiger partial charge >= 0.3 is 5.97 Å². The molecule has 0 saturated carbocycles. The molecule has 0 heterocycles. The van der Waals surface area contributed by atoms with Crippen molar-refractivity contribution in [3.05, 3.63) is 108 Å². The van der Waals surface area contributed by atoms with Gasteiger partial charge in [-0.2, -0.15) is 0 Å². The monoisotopic (exact) mass is 453 g/mol. The molecular formula is C30H31NO3. The molecule has 34 heavy (non-hydrogen) atoms. The average molecular weight is 454 g/mol. The van der Waals surface area contributed by atoms with E-state index in [1.165, 1.54) is 13.0 Å². The van der Waals surface area contributed by atoms with Gasteiger partial charge in [0, 0.05) is 0 Å². The van der Waals surface area contributed by atoms with Crippen LogP contribution in [0.15, 0.2) is 91.0 Å². The number of hydrogen-bond acceptors (Lipinski definition) is 4. The van der Waals surface area contributed by atoms with Gasteiger partial charge in [-0.05, 0) is 68.0 Å². The third kappa shape index (κ3) is 4.59. The summed E-state index contributed by atoms with van der Waals surface area (Å²) < 4.78 is 5.80. The van der Waals surface area contributed by atoms with Crippen LogP contribution in [-0.2, 0) is 19.9 Å². The van der Waals surface area contributed by atoms with Crippen molar-refractivity contribution in [2.75, 3.05) is 0 Å². The summed E-state index contributed by atoms with van der Waals surface area (Å²) in [5.74, 6) is -0.407. The van der Waals surface area contributed by atoms with Crippen LogP contribution < -0.4 is 5.32 Å². The molecule has 0 aliphatic heterocycles. The molecule has 0 fully saturated rings. The number of esters is 1. The van der Waals surface area contributed by atoms with Gasteiger partial charge in [0.25, 0.3) is 0 Å². The summed E-state index contributed by atoms with van der Waals surface area (Å²) in [7, 11) is 0. The summed E-state index contributed by atoms with van der Waals surface area (Å²) in [6, 6.07) is 26.1. The minimum Gasteiger partial charge on any atom is -0.459 e. The number of benzene rings is 3. The van der Waals surface area contributed by atoms with Crippen molar-refractivity contribution < 1.29 is 14.3 Å². The fraction of sp³-hybridized carbons (Fsp3) is 0.267. The van der Waals surface area contributed by atoms with Crippen LogP contribution in [0.4, 0.5) is 0 Å². The van der Waals surface area contributed by atoms with Crippen LogP contribution in [0.1, 0.15) is 50.8 Å². The number of ketones is 1. The molecule has 174 valence electrons. The van der Waals surface area contributed by atoms with Gasteiger partial charge in [-0.1, -0.05) is 84.9 Å². The van der Waals surface area contributed by atoms with Crippen LogP contribution in [-0.4, -0.2) is 23.4 Å². The molecule has 0 unspecified atom stereocenters. The number of ether oxygens (including phenoxy) is 1. The Bertz CT molecular complexity index is 1180. The maximum absolute atomic E-state index is 13.4. The van der Waals surface area contributed by atoms with Crippen molar-refractivity contribution in [2.45, 2.75) is 51.3 Å². The molecule has 3 aromatic rings. The molecule has 1 N–H and O–H groups in total. The van der Waals surface area contributed by atoms with Crippen LogP contribution in [0.25, 0.3) is 11.1 Å². The first-order valence-corrected chi connectivity index (χ1v) is 11.6. The van der Waals surface area contributed by atoms with Crippen LogP contribution in [0, 0.1) is 0 Å². The van der Waals surface area contributed by atoms with Crippen molar-refractivity contribution in [1.82, 2.24) is 5.32 Å². The lowest BCUT2D eigenvalue weighted by Crippen LogP contribution is -2.52. The Morgan fingerprint density at radius 1 is 0.882 bits per heavy atom. The van der Waals surface area contributed by atoms with Gasteiger partial charge in [-0.15, -0.1) is 0 Å². The van der Waals surface area contributed by atoms with E-state index in [1.54, 1.807) is 6.08 Å². The van der Waals surface area contributed by atoms with Gasteiger partial charge in [0.15, 0.2) is 5.78 Å². The third-order valence-corrected chi connectivity index (χ3v) is 5.97. The Morgan fingerprint density at radius 2 is 1.41 bits per heavy atom. The van der Waals surface area contributed by atoms with Crippen molar-refractivity contribution in [3.8, 4) is 11.1 Å². The second-order valence-electron chi connectivity index (χ2n) is 9.69. The highest BCUT2D eigenvalue weighted by atomic mass is 16.6. The molecule has 1 aliphatic carbocycles. The molecule has 1 atom stereocenters. The zero-order chi connectivity index (χ0) is 24.3. The van der Waals surface area contributed by atoms with E-state index in [0.717, 1.165) is 27.8 Å². The van der Waals surface area contributed by atoms with Crippen LogP contribution in [0.3, 0.4) is 0 Å². The maximum atomic E-state index is 13.4. The van der Waals surface area contributed by atoms with Crippen LogP contribution >= 0.6 is 0 Å². The van der Waals surface area contributed by atoms with E-state index < -0.39 is 17.2 Å². The Morgan fingerprint density at radius 3 is 1.94 bits per heavy atom. The predicted molar refractivity (Wildman–Crippen MR) is 135 cm³/mol. The summed E-state index contributed by atoms with van der Waals surface area (Å²) in [5, 5.41) is 3.72. The van der Waals surface area contributed by atoms with E-state index in [9.17, 15) is 9.59 Å². The summed E-state index contributed by atoms with van der Waals surface area (Å²) in [6.07, 6.45) is 3.58. The largest absolute Gasteiger partial charge is 0.459 e. The number of rotatable bonds is 7. The number of hydrogen-bond donors (Lipinski definition) is 1. The summed E-state index contributed by atoms with van der Waals surface area (Å²) in [6.45, 7) is 7.09. The zero-order valence-corrected chi connectivity index (χ0v) is 20.2. The van der Waals surface area contributed by atoms with Crippen LogP contribution in [0.2, 0.25) is 0 Å². The Kier molecular flexibility index (Phi) is 6.54. The standard InChI is InChI=1S/C30H31NO3/c1-21(32)13-12-20-27(28(33)34-29(2,3)4)31-30(22-14-6-5-7-15-22)25-18-10-8-16-23(25)24-17-9-11-19-26(24)30/h5-19,27,31H,20H2,1-4H3/b13-12+/t27-/m0/s1. The fourth-order valence-electron chi connectivity index (χ4n) is 4.69. The lowest BCUT2D eigenvalue weighted by Gasteiger charge is -2.37. The van der Waals surface area contributed by atoms with Crippen molar-refractivity contribution in [3.63, 3.8) is 0 Å². The summed E-state index contributed by atoms with van der Waals surface area (Å²) >= 11 is 0. The number of allylic oxidation sites excluding steroid dienone is 1. The van der Waals surface area contributed by atoms with Gasteiger partial charge in [-0.3, -0.25) is 14.9 Å². The molecule has 4 nitrogen and oxygen atoms in total. The predicted octanol–water partition coefficient (Wildman–Crippen LogP) is 5.79. The van der Waals surface area contributed by atoms with E-state index in [0.29, 0.717) is 6.42 Å². The Labute approximate surface area is 201 Å². The molecule has 0 spiro atoms. The molecule has 0 amide bonds. The Hall–Kier alpha value is -3.50. The minimum absolute atomic E-state index is 0.0581. The van der Waals surface area contributed by atoms with Crippen molar-refractivity contribution in [2.24, 2.45) is 0 Å². The quantitative estimate of drug-likeness (QED) is 0.363. The molecular weight excluding hydrogens is 422 g/mol. The lowest BCUT2D eigenvalue weighted by atomic mass is 9.79. The first kappa shape index (κ1) is 23.7. The van der Waals surface area contributed by atoms with Crippen molar-refractivity contribution in [1.29, 1.82) is 0 Å². The number of carbonyl (C=O) groups excluding carboxylic acids is 2.